The molecule has 2 rings (SSSR count). The van der Waals surface area contributed by atoms with E-state index in [1.54, 1.807) is 22.7 Å². The molecule has 0 aromatic carbocycles. The smallest absolute Gasteiger partial charge is 0.191 e. The summed E-state index contributed by atoms with van der Waals surface area (Å²) in [5.74, 6) is 0.699. The lowest BCUT2D eigenvalue weighted by atomic mass is 10.1. The Labute approximate surface area is 139 Å². The lowest BCUT2D eigenvalue weighted by Gasteiger charge is -2.23. The summed E-state index contributed by atoms with van der Waals surface area (Å²) in [7, 11) is 0. The van der Waals surface area contributed by atoms with Crippen LogP contribution in [0.4, 0.5) is 0 Å². The van der Waals surface area contributed by atoms with Crippen LogP contribution in [0, 0.1) is 6.92 Å². The average Bonchev–Trinajstić information content (AvgIpc) is 3.13. The predicted molar refractivity (Wildman–Crippen MR) is 93.6 cm³/mol. The fourth-order valence-corrected chi connectivity index (χ4v) is 3.41. The molecule has 2 heterocycles. The third-order valence-corrected chi connectivity index (χ3v) is 5.08. The van der Waals surface area contributed by atoms with Gasteiger partial charge >= 0.3 is 0 Å². The van der Waals surface area contributed by atoms with Crippen LogP contribution >= 0.6 is 22.7 Å². The first-order chi connectivity index (χ1) is 10.5. The molecule has 0 saturated carbocycles. The zero-order valence-corrected chi connectivity index (χ0v) is 14.7. The van der Waals surface area contributed by atoms with Crippen molar-refractivity contribution in [1.82, 2.24) is 15.6 Å². The Morgan fingerprint density at radius 2 is 2.27 bits per heavy atom. The van der Waals surface area contributed by atoms with Gasteiger partial charge in [0, 0.05) is 22.5 Å². The van der Waals surface area contributed by atoms with Crippen LogP contribution in [0.2, 0.25) is 0 Å². The molecule has 1 unspecified atom stereocenters. The number of hydrogen-bond donors (Lipinski definition) is 3. The third kappa shape index (κ3) is 4.79. The molecule has 1 atom stereocenters. The highest BCUT2D eigenvalue weighted by molar-refractivity contribution is 7.11. The van der Waals surface area contributed by atoms with E-state index in [9.17, 15) is 5.11 Å². The van der Waals surface area contributed by atoms with E-state index in [0.29, 0.717) is 19.0 Å². The molecule has 0 amide bonds. The molecule has 0 saturated heterocycles. The van der Waals surface area contributed by atoms with Gasteiger partial charge in [0.15, 0.2) is 5.96 Å². The molecular formula is C15H22N4OS2. The standard InChI is InChI=1S/C15H22N4OS2/c1-4-16-14(18-9-12-8-17-11(2)22-12)19-10-15(3,20)13-6-5-7-21-13/h5-8,20H,4,9-10H2,1-3H3,(H2,16,18,19). The van der Waals surface area contributed by atoms with Gasteiger partial charge in [-0.25, -0.2) is 9.98 Å². The van der Waals surface area contributed by atoms with Gasteiger partial charge in [0.25, 0.3) is 0 Å². The molecule has 0 aliphatic heterocycles. The monoisotopic (exact) mass is 338 g/mol. The number of guanidine groups is 1. The van der Waals surface area contributed by atoms with E-state index >= 15 is 0 Å². The van der Waals surface area contributed by atoms with Gasteiger partial charge in [-0.05, 0) is 32.2 Å². The van der Waals surface area contributed by atoms with Crippen molar-refractivity contribution < 1.29 is 5.11 Å². The molecule has 120 valence electrons. The first-order valence-electron chi connectivity index (χ1n) is 7.21. The number of hydrogen-bond acceptors (Lipinski definition) is 5. The van der Waals surface area contributed by atoms with Crippen molar-refractivity contribution in [3.8, 4) is 0 Å². The van der Waals surface area contributed by atoms with E-state index in [1.165, 1.54) is 0 Å². The number of nitrogens with one attached hydrogen (secondary N) is 2. The molecule has 0 spiro atoms. The molecule has 2 aromatic heterocycles. The van der Waals surface area contributed by atoms with Crippen molar-refractivity contribution in [1.29, 1.82) is 0 Å². The van der Waals surface area contributed by atoms with Crippen LogP contribution in [0.25, 0.3) is 0 Å². The predicted octanol–water partition coefficient (Wildman–Crippen LogP) is 2.48. The van der Waals surface area contributed by atoms with E-state index < -0.39 is 5.60 Å². The summed E-state index contributed by atoms with van der Waals surface area (Å²) in [5.41, 5.74) is -0.911. The van der Waals surface area contributed by atoms with Gasteiger partial charge in [0.2, 0.25) is 0 Å². The largest absolute Gasteiger partial charge is 0.383 e. The van der Waals surface area contributed by atoms with E-state index in [1.807, 2.05) is 44.5 Å². The van der Waals surface area contributed by atoms with Crippen molar-refractivity contribution in [2.75, 3.05) is 13.1 Å². The zero-order chi connectivity index (χ0) is 16.0. The molecule has 0 bridgehead atoms. The van der Waals surface area contributed by atoms with E-state index in [0.717, 1.165) is 21.3 Å². The second-order valence-corrected chi connectivity index (χ2v) is 7.41. The average molecular weight is 339 g/mol. The molecule has 0 fully saturated rings. The van der Waals surface area contributed by atoms with Gasteiger partial charge in [-0.1, -0.05) is 6.07 Å². The number of aromatic nitrogens is 1. The topological polar surface area (TPSA) is 69.5 Å². The number of aryl methyl sites for hydroxylation is 1. The summed E-state index contributed by atoms with van der Waals surface area (Å²) in [6.45, 7) is 7.57. The van der Waals surface area contributed by atoms with Gasteiger partial charge in [0.05, 0.1) is 18.1 Å². The Morgan fingerprint density at radius 1 is 1.45 bits per heavy atom. The van der Waals surface area contributed by atoms with Crippen molar-refractivity contribution in [3.63, 3.8) is 0 Å². The molecule has 0 aliphatic rings. The molecule has 0 radical (unpaired) electrons. The summed E-state index contributed by atoms with van der Waals surface area (Å²) >= 11 is 3.20. The van der Waals surface area contributed by atoms with Crippen molar-refractivity contribution in [3.05, 3.63) is 38.5 Å². The molecule has 0 aliphatic carbocycles. The number of rotatable bonds is 6. The molecule has 3 N–H and O–H groups in total. The van der Waals surface area contributed by atoms with Crippen LogP contribution in [-0.2, 0) is 12.1 Å². The Morgan fingerprint density at radius 3 is 2.86 bits per heavy atom. The quantitative estimate of drug-likeness (QED) is 0.559. The summed E-state index contributed by atoms with van der Waals surface area (Å²) in [6, 6.07) is 3.89. The number of aliphatic imine (C=N–C) groups is 1. The highest BCUT2D eigenvalue weighted by Gasteiger charge is 2.24. The fraction of sp³-hybridized carbons (Fsp3) is 0.467. The van der Waals surface area contributed by atoms with Crippen LogP contribution in [-0.4, -0.2) is 29.1 Å². The third-order valence-electron chi connectivity index (χ3n) is 3.06. The zero-order valence-electron chi connectivity index (χ0n) is 13.1. The maximum atomic E-state index is 10.5. The number of thiophene rings is 1. The highest BCUT2D eigenvalue weighted by atomic mass is 32.1. The minimum Gasteiger partial charge on any atom is -0.383 e. The Kier molecular flexibility index (Phi) is 5.93. The SMILES string of the molecule is CCNC(=NCc1cnc(C)s1)NCC(C)(O)c1cccs1. The van der Waals surface area contributed by atoms with Gasteiger partial charge in [-0.15, -0.1) is 22.7 Å². The summed E-state index contributed by atoms with van der Waals surface area (Å²) in [6.07, 6.45) is 1.86. The van der Waals surface area contributed by atoms with Crippen LogP contribution < -0.4 is 10.6 Å². The second kappa shape index (κ2) is 7.71. The maximum Gasteiger partial charge on any atom is 0.191 e. The normalized spacial score (nSPS) is 14.6. The molecular weight excluding hydrogens is 316 g/mol. The molecule has 2 aromatic rings. The lowest BCUT2D eigenvalue weighted by Crippen LogP contribution is -2.44. The van der Waals surface area contributed by atoms with Gasteiger partial charge in [0.1, 0.15) is 5.60 Å². The first kappa shape index (κ1) is 16.9. The second-order valence-electron chi connectivity index (χ2n) is 5.15. The van der Waals surface area contributed by atoms with Crippen molar-refractivity contribution >= 4 is 28.6 Å². The van der Waals surface area contributed by atoms with Crippen LogP contribution in [0.3, 0.4) is 0 Å². The number of thiazole rings is 1. The van der Waals surface area contributed by atoms with Crippen molar-refractivity contribution in [2.24, 2.45) is 4.99 Å². The highest BCUT2D eigenvalue weighted by Crippen LogP contribution is 2.24. The molecule has 5 nitrogen and oxygen atoms in total. The van der Waals surface area contributed by atoms with Crippen LogP contribution in [0.15, 0.2) is 28.7 Å². The van der Waals surface area contributed by atoms with Crippen molar-refractivity contribution in [2.45, 2.75) is 32.9 Å². The minimum atomic E-state index is -0.911. The molecule has 7 heteroatoms. The Hall–Kier alpha value is -1.44. The first-order valence-corrected chi connectivity index (χ1v) is 8.90. The summed E-state index contributed by atoms with van der Waals surface area (Å²) < 4.78 is 0. The van der Waals surface area contributed by atoms with E-state index in [2.05, 4.69) is 20.6 Å². The maximum absolute atomic E-state index is 10.5. The van der Waals surface area contributed by atoms with E-state index in [4.69, 9.17) is 0 Å². The number of aliphatic hydroxyl groups is 1. The van der Waals surface area contributed by atoms with E-state index in [-0.39, 0.29) is 0 Å². The van der Waals surface area contributed by atoms with Gasteiger partial charge < -0.3 is 15.7 Å². The summed E-state index contributed by atoms with van der Waals surface area (Å²) in [4.78, 5) is 10.8. The molecule has 22 heavy (non-hydrogen) atoms. The van der Waals surface area contributed by atoms with Gasteiger partial charge in [-0.2, -0.15) is 0 Å². The Bertz CT molecular complexity index is 605. The van der Waals surface area contributed by atoms with Gasteiger partial charge in [-0.3, -0.25) is 0 Å². The fourth-order valence-electron chi connectivity index (χ4n) is 1.91. The minimum absolute atomic E-state index is 0.404. The lowest BCUT2D eigenvalue weighted by molar-refractivity contribution is 0.0655. The summed E-state index contributed by atoms with van der Waals surface area (Å²) in [5, 5.41) is 19.9. The Balaban J connectivity index is 1.96. The van der Waals surface area contributed by atoms with Crippen LogP contribution in [0.1, 0.15) is 28.6 Å². The van der Waals surface area contributed by atoms with Crippen LogP contribution in [0.5, 0.6) is 0 Å². The number of nitrogens with zero attached hydrogens (tertiary/aromatic N) is 2.